The molecule has 1 aliphatic rings. The van der Waals surface area contributed by atoms with Crippen molar-refractivity contribution in [2.24, 2.45) is 10.9 Å². The van der Waals surface area contributed by atoms with Crippen molar-refractivity contribution in [1.82, 2.24) is 15.2 Å². The average molecular weight is 467 g/mol. The van der Waals surface area contributed by atoms with Crippen molar-refractivity contribution in [3.05, 3.63) is 11.1 Å². The van der Waals surface area contributed by atoms with E-state index in [1.807, 2.05) is 26.0 Å². The van der Waals surface area contributed by atoms with Crippen LogP contribution >= 0.6 is 35.3 Å². The lowest BCUT2D eigenvalue weighted by Gasteiger charge is -2.26. The molecule has 2 heterocycles. The van der Waals surface area contributed by atoms with E-state index in [-0.39, 0.29) is 24.0 Å². The molecule has 138 valence electrons. The van der Waals surface area contributed by atoms with Gasteiger partial charge in [-0.15, -0.1) is 35.3 Å². The van der Waals surface area contributed by atoms with Gasteiger partial charge in [-0.2, -0.15) is 0 Å². The molecule has 0 atom stereocenters. The van der Waals surface area contributed by atoms with Crippen LogP contribution in [0.25, 0.3) is 0 Å². The molecular formula is C16H30IN5OS. The number of nitrogens with zero attached hydrogens (tertiary/aromatic N) is 4. The second-order valence-electron chi connectivity index (χ2n) is 6.18. The van der Waals surface area contributed by atoms with E-state index in [9.17, 15) is 0 Å². The molecule has 0 aromatic carbocycles. The fourth-order valence-electron chi connectivity index (χ4n) is 2.65. The summed E-state index contributed by atoms with van der Waals surface area (Å²) in [5.74, 6) is 1.71. The first-order valence-corrected chi connectivity index (χ1v) is 9.09. The first-order valence-electron chi connectivity index (χ1n) is 8.21. The van der Waals surface area contributed by atoms with Crippen molar-refractivity contribution in [2.45, 2.75) is 25.8 Å². The first-order chi connectivity index (χ1) is 11.1. The van der Waals surface area contributed by atoms with Crippen LogP contribution in [-0.4, -0.2) is 63.8 Å². The third-order valence-corrected chi connectivity index (χ3v) is 5.19. The standard InChI is InChI=1S/C16H29N5OS.HI/c1-17-15(18-11-14-12-23-16(19-14)20(2)3)21(4)8-5-13-6-9-22-10-7-13;/h12-13H,5-11H2,1-4H3,(H,17,18);1H. The summed E-state index contributed by atoms with van der Waals surface area (Å²) in [7, 11) is 7.96. The second-order valence-corrected chi connectivity index (χ2v) is 7.02. The van der Waals surface area contributed by atoms with Gasteiger partial charge in [0.15, 0.2) is 11.1 Å². The number of guanidine groups is 1. The van der Waals surface area contributed by atoms with Gasteiger partial charge in [-0.05, 0) is 25.2 Å². The Bertz CT molecular complexity index is 502. The van der Waals surface area contributed by atoms with Crippen molar-refractivity contribution >= 4 is 46.4 Å². The van der Waals surface area contributed by atoms with Crippen LogP contribution in [-0.2, 0) is 11.3 Å². The quantitative estimate of drug-likeness (QED) is 0.396. The number of nitrogens with one attached hydrogen (secondary N) is 1. The monoisotopic (exact) mass is 467 g/mol. The van der Waals surface area contributed by atoms with Gasteiger partial charge in [0.2, 0.25) is 0 Å². The molecule has 24 heavy (non-hydrogen) atoms. The van der Waals surface area contributed by atoms with Gasteiger partial charge >= 0.3 is 0 Å². The molecule has 0 unspecified atom stereocenters. The predicted molar refractivity (Wildman–Crippen MR) is 113 cm³/mol. The molecule has 0 saturated carbocycles. The highest BCUT2D eigenvalue weighted by Gasteiger charge is 2.15. The Morgan fingerprint density at radius 2 is 2.08 bits per heavy atom. The van der Waals surface area contributed by atoms with E-state index in [1.54, 1.807) is 11.3 Å². The van der Waals surface area contributed by atoms with Crippen LogP contribution in [0.15, 0.2) is 10.4 Å². The van der Waals surface area contributed by atoms with Gasteiger partial charge in [-0.25, -0.2) is 4.98 Å². The van der Waals surface area contributed by atoms with Crippen molar-refractivity contribution < 1.29 is 4.74 Å². The number of thiazole rings is 1. The fraction of sp³-hybridized carbons (Fsp3) is 0.750. The van der Waals surface area contributed by atoms with Crippen LogP contribution in [0, 0.1) is 5.92 Å². The highest BCUT2D eigenvalue weighted by Crippen LogP contribution is 2.19. The maximum atomic E-state index is 5.42. The smallest absolute Gasteiger partial charge is 0.193 e. The zero-order valence-corrected chi connectivity index (χ0v) is 18.3. The van der Waals surface area contributed by atoms with Gasteiger partial charge in [0.05, 0.1) is 12.2 Å². The van der Waals surface area contributed by atoms with E-state index < -0.39 is 0 Å². The highest BCUT2D eigenvalue weighted by molar-refractivity contribution is 14.0. The first kappa shape index (κ1) is 21.4. The van der Waals surface area contributed by atoms with Crippen LogP contribution in [0.3, 0.4) is 0 Å². The molecule has 1 N–H and O–H groups in total. The number of hydrogen-bond acceptors (Lipinski definition) is 5. The zero-order valence-electron chi connectivity index (χ0n) is 15.1. The van der Waals surface area contributed by atoms with Crippen LogP contribution in [0.4, 0.5) is 5.13 Å². The van der Waals surface area contributed by atoms with Gasteiger partial charge in [0, 0.05) is 53.3 Å². The number of ether oxygens (including phenoxy) is 1. The van der Waals surface area contributed by atoms with E-state index in [2.05, 4.69) is 32.6 Å². The summed E-state index contributed by atoms with van der Waals surface area (Å²) in [4.78, 5) is 13.2. The van der Waals surface area contributed by atoms with Gasteiger partial charge in [0.1, 0.15) is 0 Å². The number of halogens is 1. The van der Waals surface area contributed by atoms with Crippen LogP contribution in [0.1, 0.15) is 25.0 Å². The van der Waals surface area contributed by atoms with Crippen LogP contribution < -0.4 is 10.2 Å². The van der Waals surface area contributed by atoms with E-state index in [1.165, 1.54) is 19.3 Å². The average Bonchev–Trinajstić information content (AvgIpc) is 3.04. The molecular weight excluding hydrogens is 437 g/mol. The molecule has 8 heteroatoms. The number of aromatic nitrogens is 1. The Labute approximate surface area is 166 Å². The lowest BCUT2D eigenvalue weighted by Crippen LogP contribution is -2.39. The molecule has 1 aliphatic heterocycles. The summed E-state index contributed by atoms with van der Waals surface area (Å²) in [6.45, 7) is 3.56. The molecule has 1 saturated heterocycles. The molecule has 0 spiro atoms. The van der Waals surface area contributed by atoms with Crippen LogP contribution in [0.2, 0.25) is 0 Å². The molecule has 2 rings (SSSR count). The Balaban J connectivity index is 0.00000288. The second kappa shape index (κ2) is 11.1. The van der Waals surface area contributed by atoms with E-state index in [0.717, 1.165) is 42.5 Å². The lowest BCUT2D eigenvalue weighted by atomic mass is 9.96. The van der Waals surface area contributed by atoms with E-state index >= 15 is 0 Å². The fourth-order valence-corrected chi connectivity index (χ4v) is 3.41. The van der Waals surface area contributed by atoms with Crippen LogP contribution in [0.5, 0.6) is 0 Å². The van der Waals surface area contributed by atoms with Gasteiger partial charge < -0.3 is 19.9 Å². The predicted octanol–water partition coefficient (Wildman–Crippen LogP) is 2.65. The van der Waals surface area contributed by atoms with E-state index in [4.69, 9.17) is 4.74 Å². The Morgan fingerprint density at radius 1 is 1.38 bits per heavy atom. The van der Waals surface area contributed by atoms with E-state index in [0.29, 0.717) is 6.54 Å². The minimum atomic E-state index is 0. The summed E-state index contributed by atoms with van der Waals surface area (Å²) >= 11 is 1.66. The molecule has 6 nitrogen and oxygen atoms in total. The zero-order chi connectivity index (χ0) is 16.7. The van der Waals surface area contributed by atoms with Gasteiger partial charge in [-0.1, -0.05) is 0 Å². The van der Waals surface area contributed by atoms with Crippen molar-refractivity contribution in [2.75, 3.05) is 52.8 Å². The normalized spacial score (nSPS) is 15.8. The number of hydrogen-bond donors (Lipinski definition) is 1. The molecule has 1 fully saturated rings. The van der Waals surface area contributed by atoms with Crippen molar-refractivity contribution in [1.29, 1.82) is 0 Å². The summed E-state index contributed by atoms with van der Waals surface area (Å²) in [5, 5.41) is 6.53. The number of aliphatic imine (C=N–C) groups is 1. The molecule has 0 bridgehead atoms. The third kappa shape index (κ3) is 6.72. The van der Waals surface area contributed by atoms with Gasteiger partial charge in [0.25, 0.3) is 0 Å². The highest BCUT2D eigenvalue weighted by atomic mass is 127. The van der Waals surface area contributed by atoms with Gasteiger partial charge in [-0.3, -0.25) is 4.99 Å². The summed E-state index contributed by atoms with van der Waals surface area (Å²) < 4.78 is 5.42. The maximum absolute atomic E-state index is 5.42. The summed E-state index contributed by atoms with van der Waals surface area (Å²) in [6.07, 6.45) is 3.57. The Hall–Kier alpha value is -0.610. The summed E-state index contributed by atoms with van der Waals surface area (Å²) in [6, 6.07) is 0. The molecule has 0 radical (unpaired) electrons. The topological polar surface area (TPSA) is 53.0 Å². The lowest BCUT2D eigenvalue weighted by molar-refractivity contribution is 0.0625. The molecule has 1 aromatic rings. The molecule has 0 amide bonds. The Kier molecular flexibility index (Phi) is 9.91. The minimum Gasteiger partial charge on any atom is -0.381 e. The molecule has 1 aromatic heterocycles. The minimum absolute atomic E-state index is 0. The molecule has 0 aliphatic carbocycles. The largest absolute Gasteiger partial charge is 0.381 e. The summed E-state index contributed by atoms with van der Waals surface area (Å²) in [5.41, 5.74) is 1.05. The Morgan fingerprint density at radius 3 is 2.67 bits per heavy atom. The number of anilines is 1. The number of rotatable bonds is 6. The SMILES string of the molecule is CN=C(NCc1csc(N(C)C)n1)N(C)CCC1CCOCC1.I. The third-order valence-electron chi connectivity index (χ3n) is 4.14. The van der Waals surface area contributed by atoms with Crippen molar-refractivity contribution in [3.63, 3.8) is 0 Å². The van der Waals surface area contributed by atoms with Crippen molar-refractivity contribution in [3.8, 4) is 0 Å². The maximum Gasteiger partial charge on any atom is 0.193 e.